The van der Waals surface area contributed by atoms with Crippen LogP contribution in [-0.4, -0.2) is 138 Å². The summed E-state index contributed by atoms with van der Waals surface area (Å²) in [6.07, 6.45) is -5.39. The van der Waals surface area contributed by atoms with Crippen molar-refractivity contribution in [1.29, 1.82) is 0 Å². The number of aliphatic hydroxyl groups is 9. The highest BCUT2D eigenvalue weighted by molar-refractivity contribution is 5.20. The van der Waals surface area contributed by atoms with Crippen LogP contribution in [0.4, 0.5) is 0 Å². The van der Waals surface area contributed by atoms with Gasteiger partial charge < -0.3 is 64.9 Å². The van der Waals surface area contributed by atoms with Crippen LogP contribution < -0.4 is 0 Å². The van der Waals surface area contributed by atoms with E-state index in [4.69, 9.17) is 18.9 Å². The van der Waals surface area contributed by atoms with Crippen LogP contribution in [0.3, 0.4) is 0 Å². The molecule has 6 rings (SSSR count). The average Bonchev–Trinajstić information content (AvgIpc) is 3.51. The Balaban J connectivity index is 1.26. The molecule has 318 valence electrons. The van der Waals surface area contributed by atoms with E-state index in [1.54, 1.807) is 0 Å². The average molecular weight is 785 g/mol. The summed E-state index contributed by atoms with van der Waals surface area (Å²) in [5.41, 5.74) is -0.592. The summed E-state index contributed by atoms with van der Waals surface area (Å²) in [4.78, 5) is 0. The third-order valence-electron chi connectivity index (χ3n) is 16.7. The lowest BCUT2D eigenvalue weighted by molar-refractivity contribution is -0.338. The fraction of sp³-hybridized carbons (Fsp3) is 0.952. The predicted molar refractivity (Wildman–Crippen MR) is 201 cm³/mol. The van der Waals surface area contributed by atoms with E-state index in [0.29, 0.717) is 25.7 Å². The van der Waals surface area contributed by atoms with Crippen molar-refractivity contribution in [3.63, 3.8) is 0 Å². The zero-order valence-electron chi connectivity index (χ0n) is 34.3. The van der Waals surface area contributed by atoms with Crippen LogP contribution in [0, 0.1) is 45.3 Å². The van der Waals surface area contributed by atoms with E-state index in [2.05, 4.69) is 40.7 Å². The van der Waals surface area contributed by atoms with E-state index in [1.807, 2.05) is 20.8 Å². The molecule has 6 fully saturated rings. The number of hydrogen-bond donors (Lipinski definition) is 9. The SMILES string of the molecule is CC(C)=CCC[C@](C)(O[C@@H]1O[C@H](CO)[C@@H](O)[C@H](O)[C@H]1O)[C@H]1CC[C@]2(C)[C@H]1[C@H](O)C[C@H]1[C@@]3(C)CC[C@H](O[C@@H]4O[C@H](CO)[C@@H](O)[C@H](O)[C@H]4O)C(C)(C)[C@@H]3CC[C@]12C. The van der Waals surface area contributed by atoms with Crippen LogP contribution in [0.2, 0.25) is 0 Å². The molecule has 0 aromatic heterocycles. The highest BCUT2D eigenvalue weighted by atomic mass is 16.7. The fourth-order valence-electron chi connectivity index (χ4n) is 13.4. The van der Waals surface area contributed by atoms with Gasteiger partial charge in [-0.25, -0.2) is 0 Å². The van der Waals surface area contributed by atoms with Gasteiger partial charge in [0.2, 0.25) is 0 Å². The summed E-state index contributed by atoms with van der Waals surface area (Å²) in [5.74, 6) is 0.196. The Morgan fingerprint density at radius 3 is 1.85 bits per heavy atom. The Kier molecular flexibility index (Phi) is 12.5. The van der Waals surface area contributed by atoms with Gasteiger partial charge in [0, 0.05) is 0 Å². The minimum atomic E-state index is -1.55. The number of ether oxygens (including phenoxy) is 4. The Labute approximate surface area is 327 Å². The maximum absolute atomic E-state index is 12.5. The van der Waals surface area contributed by atoms with E-state index in [1.165, 1.54) is 5.57 Å². The second-order valence-corrected chi connectivity index (χ2v) is 20.1. The molecule has 0 aromatic carbocycles. The van der Waals surface area contributed by atoms with Crippen LogP contribution in [0.1, 0.15) is 113 Å². The van der Waals surface area contributed by atoms with Crippen LogP contribution >= 0.6 is 0 Å². The van der Waals surface area contributed by atoms with Crippen molar-refractivity contribution < 1.29 is 64.9 Å². The smallest absolute Gasteiger partial charge is 0.187 e. The zero-order chi connectivity index (χ0) is 40.6. The quantitative estimate of drug-likeness (QED) is 0.115. The second kappa shape index (κ2) is 15.7. The van der Waals surface area contributed by atoms with Gasteiger partial charge in [-0.3, -0.25) is 0 Å². The number of rotatable bonds is 10. The largest absolute Gasteiger partial charge is 0.394 e. The fourth-order valence-corrected chi connectivity index (χ4v) is 13.4. The highest BCUT2D eigenvalue weighted by Gasteiger charge is 2.72. The van der Waals surface area contributed by atoms with E-state index < -0.39 is 86.3 Å². The number of fused-ring (bicyclic) bond motifs is 5. The molecule has 55 heavy (non-hydrogen) atoms. The molecule has 0 unspecified atom stereocenters. The molecule has 0 bridgehead atoms. The van der Waals surface area contributed by atoms with Gasteiger partial charge >= 0.3 is 0 Å². The molecule has 4 aliphatic carbocycles. The van der Waals surface area contributed by atoms with Gasteiger partial charge in [-0.2, -0.15) is 0 Å². The van der Waals surface area contributed by atoms with Crippen molar-refractivity contribution in [3.05, 3.63) is 11.6 Å². The topological polar surface area (TPSA) is 219 Å². The van der Waals surface area contributed by atoms with Gasteiger partial charge in [0.25, 0.3) is 0 Å². The van der Waals surface area contributed by atoms with Crippen LogP contribution in [0.5, 0.6) is 0 Å². The summed E-state index contributed by atoms with van der Waals surface area (Å²) in [6, 6.07) is 0. The molecule has 9 N–H and O–H groups in total. The number of hydrogen-bond acceptors (Lipinski definition) is 13. The second-order valence-electron chi connectivity index (χ2n) is 20.1. The minimum Gasteiger partial charge on any atom is -0.394 e. The Bertz CT molecular complexity index is 1370. The standard InChI is InChI=1S/C42H72O13/c1-21(2)10-9-14-42(8,55-37-35(51)33(49)31(47)25(20-44)53-37)22-11-16-41(7)29(22)23(45)18-27-39(5)15-13-28(38(3,4)26(39)12-17-40(27,41)6)54-36-34(50)32(48)30(46)24(19-43)52-36/h10,22-37,43-51H,9,11-20H2,1-8H3/t22-,23+,24+,25+,26-,27-,28-,29+,30+,31+,32-,33-,34+,35+,36-,37-,39-,40+,41+,42-/m0/s1. The Hall–Kier alpha value is -0.780. The zero-order valence-corrected chi connectivity index (χ0v) is 34.3. The Morgan fingerprint density at radius 1 is 0.709 bits per heavy atom. The van der Waals surface area contributed by atoms with Gasteiger partial charge in [0.1, 0.15) is 48.8 Å². The molecule has 0 aromatic rings. The predicted octanol–water partition coefficient (Wildman–Crippen LogP) is 2.15. The van der Waals surface area contributed by atoms with Crippen molar-refractivity contribution >= 4 is 0 Å². The lowest BCUT2D eigenvalue weighted by Gasteiger charge is -2.71. The lowest BCUT2D eigenvalue weighted by Crippen LogP contribution is -2.67. The van der Waals surface area contributed by atoms with Crippen LogP contribution in [0.25, 0.3) is 0 Å². The lowest BCUT2D eigenvalue weighted by atomic mass is 9.35. The molecule has 6 aliphatic rings. The van der Waals surface area contributed by atoms with Crippen molar-refractivity contribution in [1.82, 2.24) is 0 Å². The van der Waals surface area contributed by atoms with Crippen molar-refractivity contribution in [2.24, 2.45) is 45.3 Å². The monoisotopic (exact) mass is 784 g/mol. The summed E-state index contributed by atoms with van der Waals surface area (Å²) in [5, 5.41) is 95.9. The molecule has 2 saturated heterocycles. The molecule has 0 spiro atoms. The van der Waals surface area contributed by atoms with Crippen LogP contribution in [-0.2, 0) is 18.9 Å². The first-order valence-corrected chi connectivity index (χ1v) is 20.9. The molecule has 0 radical (unpaired) electrons. The molecule has 0 amide bonds. The molecule has 13 heteroatoms. The summed E-state index contributed by atoms with van der Waals surface area (Å²) in [6.45, 7) is 16.6. The molecule has 2 aliphatic heterocycles. The minimum absolute atomic E-state index is 0.104. The van der Waals surface area contributed by atoms with E-state index >= 15 is 0 Å². The highest BCUT2D eigenvalue weighted by Crippen LogP contribution is 2.76. The molecular formula is C42H72O13. The third-order valence-corrected chi connectivity index (χ3v) is 16.7. The summed E-state index contributed by atoms with van der Waals surface area (Å²) < 4.78 is 24.9. The maximum atomic E-state index is 12.5. The van der Waals surface area contributed by atoms with E-state index in [-0.39, 0.29) is 51.4 Å². The van der Waals surface area contributed by atoms with Gasteiger partial charge in [-0.15, -0.1) is 0 Å². The van der Waals surface area contributed by atoms with E-state index in [0.717, 1.165) is 32.1 Å². The first kappa shape index (κ1) is 43.8. The first-order chi connectivity index (χ1) is 25.6. The van der Waals surface area contributed by atoms with Crippen molar-refractivity contribution in [2.45, 2.75) is 192 Å². The molecule has 2 heterocycles. The third kappa shape index (κ3) is 7.10. The number of allylic oxidation sites excluding steroid dienone is 2. The Morgan fingerprint density at radius 2 is 1.27 bits per heavy atom. The molecule has 20 atom stereocenters. The molecule has 4 saturated carbocycles. The van der Waals surface area contributed by atoms with Gasteiger partial charge in [-0.1, -0.05) is 46.3 Å². The van der Waals surface area contributed by atoms with E-state index in [9.17, 15) is 46.0 Å². The van der Waals surface area contributed by atoms with Gasteiger partial charge in [-0.05, 0) is 124 Å². The van der Waals surface area contributed by atoms with Crippen molar-refractivity contribution in [3.8, 4) is 0 Å². The first-order valence-electron chi connectivity index (χ1n) is 20.9. The van der Waals surface area contributed by atoms with Crippen LogP contribution in [0.15, 0.2) is 11.6 Å². The van der Waals surface area contributed by atoms with Gasteiger partial charge in [0.05, 0.1) is 31.0 Å². The summed E-state index contributed by atoms with van der Waals surface area (Å²) >= 11 is 0. The summed E-state index contributed by atoms with van der Waals surface area (Å²) in [7, 11) is 0. The maximum Gasteiger partial charge on any atom is 0.187 e. The molecule has 13 nitrogen and oxygen atoms in total. The van der Waals surface area contributed by atoms with Gasteiger partial charge in [0.15, 0.2) is 12.6 Å². The van der Waals surface area contributed by atoms with Crippen molar-refractivity contribution in [2.75, 3.05) is 13.2 Å². The number of aliphatic hydroxyl groups excluding tert-OH is 9. The normalized spacial score (nSPS) is 52.0. The molecular weight excluding hydrogens is 712 g/mol.